The lowest BCUT2D eigenvalue weighted by atomic mass is 9.96. The smallest absolute Gasteiger partial charge is 0.417 e. The van der Waals surface area contributed by atoms with E-state index in [0.717, 1.165) is 4.90 Å². The Morgan fingerprint density at radius 3 is 2.38 bits per heavy atom. The van der Waals surface area contributed by atoms with Gasteiger partial charge in [-0.05, 0) is 76.9 Å². The van der Waals surface area contributed by atoms with Crippen molar-refractivity contribution in [2.24, 2.45) is 0 Å². The lowest BCUT2D eigenvalue weighted by Gasteiger charge is -2.26. The van der Waals surface area contributed by atoms with Crippen molar-refractivity contribution in [3.63, 3.8) is 0 Å². The number of halogens is 3. The van der Waals surface area contributed by atoms with Gasteiger partial charge in [0, 0.05) is 22.7 Å². The second kappa shape index (κ2) is 11.4. The largest absolute Gasteiger partial charge is 0.443 e. The Labute approximate surface area is 222 Å². The maximum atomic E-state index is 13.8. The first-order valence-electron chi connectivity index (χ1n) is 12.3. The Morgan fingerprint density at radius 2 is 1.78 bits per heavy atom. The summed E-state index contributed by atoms with van der Waals surface area (Å²) in [5.74, 6) is -0.840. The number of nitrogens with zero attached hydrogens (tertiary/aromatic N) is 4. The van der Waals surface area contributed by atoms with Gasteiger partial charge in [-0.15, -0.1) is 0 Å². The van der Waals surface area contributed by atoms with Crippen LogP contribution in [0.25, 0.3) is 11.4 Å². The molecule has 0 bridgehead atoms. The molecule has 198 valence electrons. The van der Waals surface area contributed by atoms with Crippen molar-refractivity contribution in [1.29, 1.82) is 0 Å². The Bertz CT molecular complexity index is 1330. The maximum absolute atomic E-state index is 13.8. The van der Waals surface area contributed by atoms with Crippen LogP contribution in [-0.4, -0.2) is 45.1 Å². The molecular formula is C26H29ClF2N4O4. The van der Waals surface area contributed by atoms with Gasteiger partial charge in [0.1, 0.15) is 14.2 Å². The topological polar surface area (TPSA) is 97.7 Å². The highest BCUT2D eigenvalue weighted by Gasteiger charge is 2.27. The molecule has 0 saturated carbocycles. The van der Waals surface area contributed by atoms with Crippen LogP contribution in [0, 0.1) is 5.82 Å². The predicted octanol–water partition coefficient (Wildman–Crippen LogP) is 5.85. The number of aliphatic hydroxyl groups is 1. The minimum absolute atomic E-state index is 0.0402. The highest BCUT2D eigenvalue weighted by Crippen LogP contribution is 2.32. The summed E-state index contributed by atoms with van der Waals surface area (Å²) in [6.07, 6.45) is -0.603. The van der Waals surface area contributed by atoms with Gasteiger partial charge in [-0.3, -0.25) is 0 Å². The third-order valence-corrected chi connectivity index (χ3v) is 5.34. The Morgan fingerprint density at radius 1 is 1.11 bits per heavy atom. The molecule has 8 nitrogen and oxygen atoms in total. The first-order chi connectivity index (χ1) is 17.9. The number of hydrogen-bond donors (Lipinski definition) is 1. The van der Waals surface area contributed by atoms with Crippen molar-refractivity contribution in [3.05, 3.63) is 64.4 Å². The minimum Gasteiger partial charge on any atom is -0.443 e. The fourth-order valence-electron chi connectivity index (χ4n) is 3.29. The summed E-state index contributed by atoms with van der Waals surface area (Å²) in [6, 6.07) is 9.47. The Balaban J connectivity index is 2.13. The van der Waals surface area contributed by atoms with Gasteiger partial charge in [0.15, 0.2) is 5.82 Å². The number of rotatable bonds is 8. The Hall–Kier alpha value is -3.37. The number of aromatic nitrogens is 3. The average Bonchev–Trinajstić information content (AvgIpc) is 2.77. The summed E-state index contributed by atoms with van der Waals surface area (Å²) in [5, 5.41) is 10.8. The normalized spacial score (nSPS) is 13.0. The summed E-state index contributed by atoms with van der Waals surface area (Å²) in [7, 11) is 0. The number of carbonyl (C=O) groups excluding carboxylic acids is 1. The van der Waals surface area contributed by atoms with Gasteiger partial charge in [0.25, 0.3) is 0 Å². The van der Waals surface area contributed by atoms with Gasteiger partial charge < -0.3 is 14.6 Å². The zero-order valence-corrected chi connectivity index (χ0v) is 21.8. The van der Waals surface area contributed by atoms with E-state index in [1.54, 1.807) is 32.9 Å². The summed E-state index contributed by atoms with van der Waals surface area (Å²) in [6.45, 7) is 4.38. The molecule has 37 heavy (non-hydrogen) atoms. The van der Waals surface area contributed by atoms with Crippen LogP contribution in [0.5, 0.6) is 6.01 Å². The third-order valence-electron chi connectivity index (χ3n) is 5.01. The van der Waals surface area contributed by atoms with E-state index in [9.17, 15) is 18.7 Å². The molecule has 1 heterocycles. The molecular weight excluding hydrogens is 505 g/mol. The zero-order chi connectivity index (χ0) is 29.2. The minimum atomic E-state index is -3.64. The van der Waals surface area contributed by atoms with Crippen LogP contribution in [0.2, 0.25) is 5.02 Å². The monoisotopic (exact) mass is 535 g/mol. The molecule has 0 aliphatic carbocycles. The highest BCUT2D eigenvalue weighted by molar-refractivity contribution is 6.31. The van der Waals surface area contributed by atoms with Crippen molar-refractivity contribution in [3.8, 4) is 17.4 Å². The summed E-state index contributed by atoms with van der Waals surface area (Å²) < 4.78 is 51.7. The van der Waals surface area contributed by atoms with Gasteiger partial charge in [-0.1, -0.05) is 23.7 Å². The molecule has 0 aliphatic rings. The lowest BCUT2D eigenvalue weighted by Crippen LogP contribution is -2.39. The first-order valence-corrected chi connectivity index (χ1v) is 11.7. The van der Waals surface area contributed by atoms with E-state index in [-0.39, 0.29) is 29.8 Å². The molecule has 2 aromatic carbocycles. The SMILES string of the molecule is [2H]C([2H])([18F])Oc1nc(-c2ccc(Cl)c(C(C)(C)O)c2)nc(N(CCc2ccc(F)cc2)C(=O)OC(C)(C)C)n1. The second-order valence-corrected chi connectivity index (χ2v) is 10.1. The van der Waals surface area contributed by atoms with E-state index in [2.05, 4.69) is 19.7 Å². The van der Waals surface area contributed by atoms with Crippen LogP contribution in [0.15, 0.2) is 42.5 Å². The average molecular weight is 536 g/mol. The van der Waals surface area contributed by atoms with Crippen LogP contribution >= 0.6 is 11.6 Å². The second-order valence-electron chi connectivity index (χ2n) is 9.68. The fourth-order valence-corrected chi connectivity index (χ4v) is 3.64. The van der Waals surface area contributed by atoms with Gasteiger partial charge in [0.05, 0.1) is 5.60 Å². The molecule has 3 rings (SSSR count). The molecule has 1 amide bonds. The van der Waals surface area contributed by atoms with E-state index in [1.807, 2.05) is 0 Å². The molecule has 0 fully saturated rings. The molecule has 3 aromatic rings. The Kier molecular flexibility index (Phi) is 7.76. The van der Waals surface area contributed by atoms with Crippen LogP contribution < -0.4 is 9.64 Å². The summed E-state index contributed by atoms with van der Waals surface area (Å²) >= 11 is 6.25. The maximum Gasteiger partial charge on any atom is 0.417 e. The van der Waals surface area contributed by atoms with Crippen LogP contribution in [0.4, 0.5) is 19.5 Å². The number of benzene rings is 2. The van der Waals surface area contributed by atoms with Crippen molar-refractivity contribution in [2.75, 3.05) is 18.3 Å². The van der Waals surface area contributed by atoms with Crippen molar-refractivity contribution in [1.82, 2.24) is 15.0 Å². The number of hydrogen-bond acceptors (Lipinski definition) is 7. The van der Waals surface area contributed by atoms with Crippen molar-refractivity contribution >= 4 is 23.6 Å². The fraction of sp³-hybridized carbons (Fsp3) is 0.385. The number of carbonyl (C=O) groups is 1. The zero-order valence-electron chi connectivity index (χ0n) is 23.1. The molecule has 0 spiro atoms. The summed E-state index contributed by atoms with van der Waals surface area (Å²) in [5.41, 5.74) is -0.895. The number of ether oxygens (including phenoxy) is 2. The molecule has 1 aromatic heterocycles. The number of alkyl halides is 1. The molecule has 0 saturated heterocycles. The van der Waals surface area contributed by atoms with Crippen molar-refractivity contribution < 1.29 is 30.9 Å². The quantitative estimate of drug-likeness (QED) is 0.386. The van der Waals surface area contributed by atoms with Gasteiger partial charge in [0.2, 0.25) is 12.8 Å². The number of amides is 1. The predicted molar refractivity (Wildman–Crippen MR) is 136 cm³/mol. The van der Waals surface area contributed by atoms with E-state index in [4.69, 9.17) is 19.1 Å². The molecule has 0 radical (unpaired) electrons. The number of anilines is 1. The van der Waals surface area contributed by atoms with E-state index < -0.39 is 35.9 Å². The molecule has 1 N–H and O–H groups in total. The molecule has 0 aliphatic heterocycles. The standard InChI is InChI=1S/C26H29ClF2N4O4/c1-25(2,3)37-24(34)33(13-12-16-6-9-18(29)10-7-16)22-30-21(31-23(32-22)36-15-28)17-8-11-20(27)19(14-17)26(4,5)35/h6-11,14,35H,12-13,15H2,1-5H3/i15D2,28-1. The van der Waals surface area contributed by atoms with Crippen LogP contribution in [0.3, 0.4) is 0 Å². The van der Waals surface area contributed by atoms with Gasteiger partial charge >= 0.3 is 12.1 Å². The van der Waals surface area contributed by atoms with Crippen molar-refractivity contribution in [2.45, 2.75) is 52.2 Å². The van der Waals surface area contributed by atoms with Gasteiger partial charge in [-0.25, -0.2) is 18.5 Å². The van der Waals surface area contributed by atoms with Gasteiger partial charge in [-0.2, -0.15) is 15.0 Å². The first kappa shape index (κ1) is 25.3. The van der Waals surface area contributed by atoms with Crippen LogP contribution in [-0.2, 0) is 16.8 Å². The lowest BCUT2D eigenvalue weighted by molar-refractivity contribution is 0.0578. The summed E-state index contributed by atoms with van der Waals surface area (Å²) in [4.78, 5) is 26.6. The van der Waals surface area contributed by atoms with Crippen LogP contribution in [0.1, 0.15) is 48.5 Å². The van der Waals surface area contributed by atoms with E-state index in [1.165, 1.54) is 44.2 Å². The van der Waals surface area contributed by atoms with E-state index >= 15 is 0 Å². The highest BCUT2D eigenvalue weighted by atomic mass is 35.5. The molecule has 11 heteroatoms. The molecule has 0 atom stereocenters. The molecule has 0 unspecified atom stereocenters. The van der Waals surface area contributed by atoms with E-state index in [0.29, 0.717) is 16.7 Å². The third kappa shape index (κ3) is 7.80.